The van der Waals surface area contributed by atoms with Gasteiger partial charge in [0.05, 0.1) is 12.2 Å². The van der Waals surface area contributed by atoms with Crippen LogP contribution in [0.1, 0.15) is 11.5 Å². The molecule has 0 aliphatic rings. The maximum absolute atomic E-state index is 8.84. The van der Waals surface area contributed by atoms with Crippen molar-refractivity contribution < 1.29 is 0 Å². The fourth-order valence-electron chi connectivity index (χ4n) is 1.28. The number of pyridine rings is 1. The summed E-state index contributed by atoms with van der Waals surface area (Å²) in [6.07, 6.45) is 3.22. The molecule has 0 aromatic carbocycles. The third-order valence-electron chi connectivity index (χ3n) is 2.16. The molecule has 0 fully saturated rings. The van der Waals surface area contributed by atoms with Crippen LogP contribution in [0, 0.1) is 11.3 Å². The van der Waals surface area contributed by atoms with Gasteiger partial charge in [-0.1, -0.05) is 0 Å². The molecule has 2 aromatic rings. The first-order chi connectivity index (χ1) is 7.81. The van der Waals surface area contributed by atoms with Crippen molar-refractivity contribution in [3.05, 3.63) is 36.2 Å². The summed E-state index contributed by atoms with van der Waals surface area (Å²) in [6, 6.07) is 5.61. The minimum Gasteiger partial charge on any atom is -0.375 e. The first kappa shape index (κ1) is 10.1. The molecule has 0 spiro atoms. The maximum Gasteiger partial charge on any atom is 0.163 e. The number of hydrogen-bond acceptors (Lipinski definition) is 5. The topological polar surface area (TPSA) is 79.4 Å². The molecule has 0 saturated carbocycles. The van der Waals surface area contributed by atoms with E-state index in [2.05, 4.69) is 20.5 Å². The molecule has 0 atom stereocenters. The molecule has 0 aliphatic carbocycles. The summed E-state index contributed by atoms with van der Waals surface area (Å²) in [4.78, 5) is 3.95. The van der Waals surface area contributed by atoms with Crippen LogP contribution >= 0.6 is 0 Å². The number of hydrogen-bond donors (Lipinski definition) is 1. The third-order valence-corrected chi connectivity index (χ3v) is 2.16. The van der Waals surface area contributed by atoms with E-state index in [4.69, 9.17) is 5.26 Å². The second-order valence-corrected chi connectivity index (χ2v) is 3.22. The molecule has 1 N–H and O–H groups in total. The molecule has 0 saturated heterocycles. The summed E-state index contributed by atoms with van der Waals surface area (Å²) < 4.78 is 1.81. The maximum atomic E-state index is 8.84. The van der Waals surface area contributed by atoms with E-state index in [1.165, 1.54) is 0 Å². The summed E-state index contributed by atoms with van der Waals surface area (Å²) in [6.45, 7) is 0.511. The predicted molar refractivity (Wildman–Crippen MR) is 57.3 cm³/mol. The van der Waals surface area contributed by atoms with Crippen LogP contribution in [0.25, 0.3) is 0 Å². The van der Waals surface area contributed by atoms with Gasteiger partial charge in [-0.15, -0.1) is 10.2 Å². The van der Waals surface area contributed by atoms with Gasteiger partial charge in [-0.2, -0.15) is 5.26 Å². The summed E-state index contributed by atoms with van der Waals surface area (Å²) in [5.41, 5.74) is 1.08. The number of rotatable bonds is 3. The van der Waals surface area contributed by atoms with Crippen LogP contribution in [0.4, 0.5) is 5.69 Å². The quantitative estimate of drug-likeness (QED) is 0.813. The van der Waals surface area contributed by atoms with Gasteiger partial charge in [0, 0.05) is 13.2 Å². The van der Waals surface area contributed by atoms with Gasteiger partial charge in [-0.05, 0) is 12.1 Å². The summed E-state index contributed by atoms with van der Waals surface area (Å²) in [5.74, 6) is 0.799. The molecule has 2 heterocycles. The molecule has 6 nitrogen and oxygen atoms in total. The van der Waals surface area contributed by atoms with Crippen molar-refractivity contribution in [3.8, 4) is 6.07 Å². The normalized spacial score (nSPS) is 9.75. The molecule has 0 aliphatic heterocycles. The largest absolute Gasteiger partial charge is 0.375 e. The second-order valence-electron chi connectivity index (χ2n) is 3.22. The SMILES string of the molecule is Cn1cnnc1CNc1cccnc1C#N. The lowest BCUT2D eigenvalue weighted by Gasteiger charge is -2.06. The lowest BCUT2D eigenvalue weighted by molar-refractivity contribution is 0.811. The highest BCUT2D eigenvalue weighted by molar-refractivity contribution is 5.53. The van der Waals surface area contributed by atoms with Crippen LogP contribution in [-0.2, 0) is 13.6 Å². The Bertz CT molecular complexity index is 524. The summed E-state index contributed by atoms with van der Waals surface area (Å²) >= 11 is 0. The number of nitrogens with zero attached hydrogens (tertiary/aromatic N) is 5. The van der Waals surface area contributed by atoms with Crippen LogP contribution in [0.3, 0.4) is 0 Å². The first-order valence-electron chi connectivity index (χ1n) is 4.73. The molecule has 0 radical (unpaired) electrons. The van der Waals surface area contributed by atoms with E-state index in [1.807, 2.05) is 23.8 Å². The van der Waals surface area contributed by atoms with Crippen molar-refractivity contribution in [2.24, 2.45) is 7.05 Å². The fraction of sp³-hybridized carbons (Fsp3) is 0.200. The second kappa shape index (κ2) is 4.40. The molecular formula is C10H10N6. The molecule has 0 amide bonds. The average Bonchev–Trinajstić information content (AvgIpc) is 2.72. The van der Waals surface area contributed by atoms with Gasteiger partial charge in [-0.3, -0.25) is 0 Å². The summed E-state index contributed by atoms with van der Waals surface area (Å²) in [5, 5.41) is 19.6. The Morgan fingerprint density at radius 2 is 2.44 bits per heavy atom. The lowest BCUT2D eigenvalue weighted by Crippen LogP contribution is -2.07. The number of nitrogens with one attached hydrogen (secondary N) is 1. The Labute approximate surface area is 92.6 Å². The smallest absolute Gasteiger partial charge is 0.163 e. The summed E-state index contributed by atoms with van der Waals surface area (Å²) in [7, 11) is 1.87. The van der Waals surface area contributed by atoms with Gasteiger partial charge in [0.15, 0.2) is 11.5 Å². The van der Waals surface area contributed by atoms with Crippen molar-refractivity contribution in [3.63, 3.8) is 0 Å². The van der Waals surface area contributed by atoms with Gasteiger partial charge < -0.3 is 9.88 Å². The van der Waals surface area contributed by atoms with Crippen LogP contribution in [0.5, 0.6) is 0 Å². The molecule has 6 heteroatoms. The number of nitriles is 1. The molecule has 2 rings (SSSR count). The fourth-order valence-corrected chi connectivity index (χ4v) is 1.28. The lowest BCUT2D eigenvalue weighted by atomic mass is 10.3. The Balaban J connectivity index is 2.11. The Morgan fingerprint density at radius 1 is 1.56 bits per heavy atom. The highest BCUT2D eigenvalue weighted by Crippen LogP contribution is 2.11. The van der Waals surface area contributed by atoms with Crippen molar-refractivity contribution >= 4 is 5.69 Å². The Morgan fingerprint density at radius 3 is 3.12 bits per heavy atom. The zero-order valence-electron chi connectivity index (χ0n) is 8.75. The highest BCUT2D eigenvalue weighted by Gasteiger charge is 2.04. The van der Waals surface area contributed by atoms with Crippen molar-refractivity contribution in [1.82, 2.24) is 19.7 Å². The third kappa shape index (κ3) is 1.98. The van der Waals surface area contributed by atoms with Crippen LogP contribution in [0.15, 0.2) is 24.7 Å². The highest BCUT2D eigenvalue weighted by atomic mass is 15.3. The predicted octanol–water partition coefficient (Wildman–Crippen LogP) is 0.694. The zero-order valence-corrected chi connectivity index (χ0v) is 8.75. The van der Waals surface area contributed by atoms with Crippen LogP contribution in [-0.4, -0.2) is 19.7 Å². The van der Waals surface area contributed by atoms with Gasteiger partial charge in [0.1, 0.15) is 12.4 Å². The minimum atomic E-state index is 0.379. The van der Waals surface area contributed by atoms with E-state index >= 15 is 0 Å². The van der Waals surface area contributed by atoms with Crippen LogP contribution < -0.4 is 5.32 Å². The molecule has 0 bridgehead atoms. The Hall–Kier alpha value is -2.42. The van der Waals surface area contributed by atoms with Crippen molar-refractivity contribution in [1.29, 1.82) is 5.26 Å². The number of anilines is 1. The zero-order chi connectivity index (χ0) is 11.4. The molecular weight excluding hydrogens is 204 g/mol. The van der Waals surface area contributed by atoms with Crippen molar-refractivity contribution in [2.75, 3.05) is 5.32 Å². The standard InChI is InChI=1S/C10H10N6/c1-16-7-14-15-10(16)6-13-8-3-2-4-12-9(8)5-11/h2-4,7,13H,6H2,1H3. The van der Waals surface area contributed by atoms with E-state index in [-0.39, 0.29) is 0 Å². The van der Waals surface area contributed by atoms with Gasteiger partial charge in [-0.25, -0.2) is 4.98 Å². The molecule has 0 unspecified atom stereocenters. The molecule has 2 aromatic heterocycles. The molecule has 80 valence electrons. The van der Waals surface area contributed by atoms with Gasteiger partial charge in [0.25, 0.3) is 0 Å². The first-order valence-corrected chi connectivity index (χ1v) is 4.73. The monoisotopic (exact) mass is 214 g/mol. The minimum absolute atomic E-state index is 0.379. The average molecular weight is 214 g/mol. The van der Waals surface area contributed by atoms with Gasteiger partial charge >= 0.3 is 0 Å². The van der Waals surface area contributed by atoms with Crippen LogP contribution in [0.2, 0.25) is 0 Å². The van der Waals surface area contributed by atoms with E-state index in [0.717, 1.165) is 5.82 Å². The van der Waals surface area contributed by atoms with Gasteiger partial charge in [0.2, 0.25) is 0 Å². The van der Waals surface area contributed by atoms with E-state index in [1.54, 1.807) is 18.6 Å². The Kier molecular flexibility index (Phi) is 2.78. The van der Waals surface area contributed by atoms with E-state index in [0.29, 0.717) is 17.9 Å². The number of aromatic nitrogens is 4. The van der Waals surface area contributed by atoms with E-state index < -0.39 is 0 Å². The van der Waals surface area contributed by atoms with Crippen molar-refractivity contribution in [2.45, 2.75) is 6.54 Å². The molecule has 16 heavy (non-hydrogen) atoms. The number of aryl methyl sites for hydroxylation is 1. The van der Waals surface area contributed by atoms with E-state index in [9.17, 15) is 0 Å².